The van der Waals surface area contributed by atoms with Gasteiger partial charge in [-0.1, -0.05) is 0 Å². The summed E-state index contributed by atoms with van der Waals surface area (Å²) in [4.78, 5) is 13.5. The number of nitrogens with one attached hydrogen (secondary N) is 1. The van der Waals surface area contributed by atoms with Crippen LogP contribution in [0.1, 0.15) is 12.8 Å². The van der Waals surface area contributed by atoms with Crippen molar-refractivity contribution in [2.24, 2.45) is 5.73 Å². The lowest BCUT2D eigenvalue weighted by Gasteiger charge is -2.13. The third kappa shape index (κ3) is 8.72. The molecule has 0 saturated heterocycles. The average Bonchev–Trinajstić information content (AvgIpc) is 2.20. The molecule has 0 aliphatic heterocycles. The number of nitrogens with zero attached hydrogens (tertiary/aromatic N) is 1. The van der Waals surface area contributed by atoms with Crippen molar-refractivity contribution in [1.82, 2.24) is 10.2 Å². The lowest BCUT2D eigenvalue weighted by molar-refractivity contribution is -0.122. The normalized spacial score (nSPS) is 12.9. The Morgan fingerprint density at radius 1 is 1.53 bits per heavy atom. The molecule has 0 unspecified atom stereocenters. The van der Waals surface area contributed by atoms with Gasteiger partial charge in [-0.25, -0.2) is 0 Å². The zero-order valence-electron chi connectivity index (χ0n) is 9.95. The summed E-state index contributed by atoms with van der Waals surface area (Å²) >= 11 is 1.71. The van der Waals surface area contributed by atoms with E-state index in [1.165, 1.54) is 0 Å². The van der Waals surface area contributed by atoms with Crippen LogP contribution < -0.4 is 11.1 Å². The summed E-state index contributed by atoms with van der Waals surface area (Å²) in [7, 11) is 4.04. The van der Waals surface area contributed by atoms with Gasteiger partial charge in [0.05, 0.1) is 6.04 Å². The fraction of sp³-hybridized carbons (Fsp3) is 0.900. The second-order valence-electron chi connectivity index (χ2n) is 3.84. The van der Waals surface area contributed by atoms with Gasteiger partial charge in [-0.2, -0.15) is 11.8 Å². The average molecular weight is 233 g/mol. The summed E-state index contributed by atoms with van der Waals surface area (Å²) in [5.41, 5.74) is 5.71. The molecule has 0 aromatic carbocycles. The Hall–Kier alpha value is -0.260. The molecule has 0 saturated carbocycles. The van der Waals surface area contributed by atoms with E-state index in [1.54, 1.807) is 11.8 Å². The standard InChI is InChI=1S/C10H23N3OS/c1-13(2)7-4-6-12-10(14)9(11)5-8-15-3/h9H,4-8,11H2,1-3H3,(H,12,14)/t9-/m0/s1. The van der Waals surface area contributed by atoms with Gasteiger partial charge in [-0.05, 0) is 45.5 Å². The van der Waals surface area contributed by atoms with Crippen LogP contribution in [-0.4, -0.2) is 56.0 Å². The Kier molecular flexibility index (Phi) is 8.85. The van der Waals surface area contributed by atoms with E-state index in [4.69, 9.17) is 5.73 Å². The van der Waals surface area contributed by atoms with Crippen molar-refractivity contribution in [3.05, 3.63) is 0 Å². The lowest BCUT2D eigenvalue weighted by Crippen LogP contribution is -2.41. The van der Waals surface area contributed by atoms with E-state index in [0.717, 1.165) is 25.1 Å². The molecule has 0 fully saturated rings. The van der Waals surface area contributed by atoms with E-state index in [0.29, 0.717) is 6.54 Å². The lowest BCUT2D eigenvalue weighted by atomic mass is 10.2. The van der Waals surface area contributed by atoms with E-state index in [-0.39, 0.29) is 11.9 Å². The van der Waals surface area contributed by atoms with Gasteiger partial charge in [0.15, 0.2) is 0 Å². The first-order valence-electron chi connectivity index (χ1n) is 5.25. The monoisotopic (exact) mass is 233 g/mol. The van der Waals surface area contributed by atoms with E-state index >= 15 is 0 Å². The second kappa shape index (κ2) is 9.00. The Balaban J connectivity index is 3.47. The molecule has 0 rings (SSSR count). The van der Waals surface area contributed by atoms with Gasteiger partial charge in [-0.15, -0.1) is 0 Å². The number of thioether (sulfide) groups is 1. The van der Waals surface area contributed by atoms with Gasteiger partial charge in [0.2, 0.25) is 5.91 Å². The molecule has 0 heterocycles. The molecule has 0 aliphatic rings. The van der Waals surface area contributed by atoms with E-state index < -0.39 is 0 Å². The third-order valence-corrected chi connectivity index (χ3v) is 2.70. The van der Waals surface area contributed by atoms with Crippen molar-refractivity contribution in [2.75, 3.05) is 39.2 Å². The van der Waals surface area contributed by atoms with Crippen molar-refractivity contribution < 1.29 is 4.79 Å². The maximum atomic E-state index is 11.4. The van der Waals surface area contributed by atoms with Gasteiger partial charge in [0.1, 0.15) is 0 Å². The number of amides is 1. The van der Waals surface area contributed by atoms with Gasteiger partial charge < -0.3 is 16.0 Å². The molecule has 0 spiro atoms. The van der Waals surface area contributed by atoms with Crippen LogP contribution in [0.3, 0.4) is 0 Å². The molecule has 15 heavy (non-hydrogen) atoms. The number of nitrogens with two attached hydrogens (primary N) is 1. The highest BCUT2D eigenvalue weighted by Crippen LogP contribution is 1.98. The predicted octanol–water partition coefficient (Wildman–Crippen LogP) is 0.135. The zero-order valence-corrected chi connectivity index (χ0v) is 10.8. The van der Waals surface area contributed by atoms with Crippen LogP contribution >= 0.6 is 11.8 Å². The predicted molar refractivity (Wildman–Crippen MR) is 67.2 cm³/mol. The number of rotatable bonds is 8. The summed E-state index contributed by atoms with van der Waals surface area (Å²) < 4.78 is 0. The molecular weight excluding hydrogens is 210 g/mol. The highest BCUT2D eigenvalue weighted by molar-refractivity contribution is 7.98. The first kappa shape index (κ1) is 14.7. The number of carbonyl (C=O) groups is 1. The summed E-state index contributed by atoms with van der Waals surface area (Å²) in [6, 6.07) is -0.350. The minimum atomic E-state index is -0.350. The largest absolute Gasteiger partial charge is 0.355 e. The van der Waals surface area contributed by atoms with Crippen molar-refractivity contribution in [3.8, 4) is 0 Å². The summed E-state index contributed by atoms with van der Waals surface area (Å²) in [5.74, 6) is 0.912. The quantitative estimate of drug-likeness (QED) is 0.585. The molecule has 0 radical (unpaired) electrons. The Labute approximate surface area is 97.0 Å². The Morgan fingerprint density at radius 2 is 2.20 bits per heavy atom. The van der Waals surface area contributed by atoms with Crippen LogP contribution in [-0.2, 0) is 4.79 Å². The molecule has 0 bridgehead atoms. The van der Waals surface area contributed by atoms with E-state index in [9.17, 15) is 4.79 Å². The number of carbonyl (C=O) groups excluding carboxylic acids is 1. The number of hydrogen-bond donors (Lipinski definition) is 2. The highest BCUT2D eigenvalue weighted by Gasteiger charge is 2.11. The molecule has 1 atom stereocenters. The Morgan fingerprint density at radius 3 is 2.73 bits per heavy atom. The first-order valence-corrected chi connectivity index (χ1v) is 6.64. The smallest absolute Gasteiger partial charge is 0.236 e. The maximum absolute atomic E-state index is 11.4. The van der Waals surface area contributed by atoms with Crippen molar-refractivity contribution >= 4 is 17.7 Å². The maximum Gasteiger partial charge on any atom is 0.236 e. The molecular formula is C10H23N3OS. The fourth-order valence-corrected chi connectivity index (χ4v) is 1.60. The van der Waals surface area contributed by atoms with Crippen LogP contribution in [0.5, 0.6) is 0 Å². The molecule has 0 aliphatic carbocycles. The SMILES string of the molecule is CSCC[C@H](N)C(=O)NCCCN(C)C. The second-order valence-corrected chi connectivity index (χ2v) is 4.82. The van der Waals surface area contributed by atoms with Crippen molar-refractivity contribution in [1.29, 1.82) is 0 Å². The number of hydrogen-bond acceptors (Lipinski definition) is 4. The van der Waals surface area contributed by atoms with E-state index in [1.807, 2.05) is 20.4 Å². The minimum Gasteiger partial charge on any atom is -0.355 e. The van der Waals surface area contributed by atoms with Gasteiger partial charge in [0, 0.05) is 6.54 Å². The summed E-state index contributed by atoms with van der Waals surface area (Å²) in [5, 5.41) is 2.85. The van der Waals surface area contributed by atoms with Crippen LogP contribution in [0, 0.1) is 0 Å². The third-order valence-electron chi connectivity index (χ3n) is 2.05. The molecule has 3 N–H and O–H groups in total. The molecule has 1 amide bonds. The molecule has 90 valence electrons. The van der Waals surface area contributed by atoms with Gasteiger partial charge >= 0.3 is 0 Å². The fourth-order valence-electron chi connectivity index (χ4n) is 1.11. The topological polar surface area (TPSA) is 58.4 Å². The van der Waals surface area contributed by atoms with Gasteiger partial charge in [-0.3, -0.25) is 4.79 Å². The minimum absolute atomic E-state index is 0.0252. The first-order chi connectivity index (χ1) is 7.07. The van der Waals surface area contributed by atoms with Crippen molar-refractivity contribution in [2.45, 2.75) is 18.9 Å². The zero-order chi connectivity index (χ0) is 11.7. The Bertz CT molecular complexity index is 176. The van der Waals surface area contributed by atoms with Crippen molar-refractivity contribution in [3.63, 3.8) is 0 Å². The molecule has 0 aromatic rings. The molecule has 4 nitrogen and oxygen atoms in total. The summed E-state index contributed by atoms with van der Waals surface area (Å²) in [6.45, 7) is 1.70. The molecule has 5 heteroatoms. The van der Waals surface area contributed by atoms with Crippen LogP contribution in [0.2, 0.25) is 0 Å². The highest BCUT2D eigenvalue weighted by atomic mass is 32.2. The van der Waals surface area contributed by atoms with Crippen LogP contribution in [0.15, 0.2) is 0 Å². The summed E-state index contributed by atoms with van der Waals surface area (Å²) in [6.07, 6.45) is 3.73. The van der Waals surface area contributed by atoms with Crippen LogP contribution in [0.4, 0.5) is 0 Å². The molecule has 0 aromatic heterocycles. The van der Waals surface area contributed by atoms with E-state index in [2.05, 4.69) is 10.2 Å². The van der Waals surface area contributed by atoms with Crippen LogP contribution in [0.25, 0.3) is 0 Å². The van der Waals surface area contributed by atoms with Gasteiger partial charge in [0.25, 0.3) is 0 Å².